The Labute approximate surface area is 111 Å². The van der Waals surface area contributed by atoms with Crippen molar-refractivity contribution in [2.45, 2.75) is 6.92 Å². The van der Waals surface area contributed by atoms with Crippen molar-refractivity contribution in [2.75, 3.05) is 21.3 Å². The Hall–Kier alpha value is -2.23. The van der Waals surface area contributed by atoms with Gasteiger partial charge in [0, 0.05) is 10.9 Å². The van der Waals surface area contributed by atoms with Gasteiger partial charge in [-0.3, -0.25) is 4.79 Å². The summed E-state index contributed by atoms with van der Waals surface area (Å²) in [5.41, 5.74) is 1.24. The molecule has 0 heterocycles. The lowest BCUT2D eigenvalue weighted by Gasteiger charge is -2.17. The minimum atomic E-state index is 0.483. The van der Waals surface area contributed by atoms with E-state index < -0.39 is 0 Å². The Morgan fingerprint density at radius 3 is 2.21 bits per heavy atom. The van der Waals surface area contributed by atoms with Gasteiger partial charge in [-0.2, -0.15) is 0 Å². The van der Waals surface area contributed by atoms with Crippen LogP contribution in [0.5, 0.6) is 17.2 Å². The van der Waals surface area contributed by atoms with Gasteiger partial charge in [-0.25, -0.2) is 0 Å². The summed E-state index contributed by atoms with van der Waals surface area (Å²) < 4.78 is 16.2. The molecular weight excluding hydrogens is 244 g/mol. The molecule has 19 heavy (non-hydrogen) atoms. The van der Waals surface area contributed by atoms with Gasteiger partial charge in [0.15, 0.2) is 6.29 Å². The van der Waals surface area contributed by atoms with E-state index in [4.69, 9.17) is 14.2 Å². The van der Waals surface area contributed by atoms with E-state index >= 15 is 0 Å². The largest absolute Gasteiger partial charge is 0.496 e. The van der Waals surface area contributed by atoms with Crippen molar-refractivity contribution in [3.05, 3.63) is 29.3 Å². The molecule has 0 bridgehead atoms. The lowest BCUT2D eigenvalue weighted by atomic mass is 9.98. The minimum Gasteiger partial charge on any atom is -0.496 e. The Balaban J connectivity index is 3.05. The van der Waals surface area contributed by atoms with Crippen LogP contribution in [0, 0.1) is 6.92 Å². The van der Waals surface area contributed by atoms with Crippen LogP contribution in [0.3, 0.4) is 0 Å². The number of aldehydes is 1. The first-order chi connectivity index (χ1) is 9.19. The van der Waals surface area contributed by atoms with E-state index in [1.54, 1.807) is 21.3 Å². The molecule has 0 aliphatic heterocycles. The average molecular weight is 260 g/mol. The zero-order valence-electron chi connectivity index (χ0n) is 11.4. The van der Waals surface area contributed by atoms with Crippen LogP contribution in [-0.4, -0.2) is 27.6 Å². The maximum absolute atomic E-state index is 11.3. The van der Waals surface area contributed by atoms with Crippen molar-refractivity contribution >= 4 is 17.1 Å². The number of methoxy groups -OCH3 is 3. The number of carbonyl (C=O) groups is 1. The quantitative estimate of drug-likeness (QED) is 0.793. The Bertz CT molecular complexity index is 632. The van der Waals surface area contributed by atoms with Crippen LogP contribution in [0.1, 0.15) is 15.9 Å². The second-order valence-corrected chi connectivity index (χ2v) is 4.11. The van der Waals surface area contributed by atoms with E-state index in [-0.39, 0.29) is 0 Å². The molecule has 0 aromatic heterocycles. The third-order valence-electron chi connectivity index (χ3n) is 3.23. The fraction of sp³-hybridized carbons (Fsp3) is 0.267. The van der Waals surface area contributed by atoms with Crippen LogP contribution >= 0.6 is 0 Å². The molecule has 2 aromatic carbocycles. The van der Waals surface area contributed by atoms with Crippen molar-refractivity contribution < 1.29 is 19.0 Å². The Morgan fingerprint density at radius 1 is 1.00 bits per heavy atom. The zero-order valence-corrected chi connectivity index (χ0v) is 11.4. The van der Waals surface area contributed by atoms with Gasteiger partial charge < -0.3 is 14.2 Å². The van der Waals surface area contributed by atoms with Gasteiger partial charge in [0.25, 0.3) is 0 Å². The molecule has 0 unspecified atom stereocenters. The highest BCUT2D eigenvalue weighted by Crippen LogP contribution is 2.43. The topological polar surface area (TPSA) is 44.8 Å². The summed E-state index contributed by atoms with van der Waals surface area (Å²) in [6.07, 6.45) is 0.780. The summed E-state index contributed by atoms with van der Waals surface area (Å²) in [5.74, 6) is 1.83. The number of ether oxygens (including phenoxy) is 3. The van der Waals surface area contributed by atoms with Gasteiger partial charge in [0.1, 0.15) is 17.2 Å². The summed E-state index contributed by atoms with van der Waals surface area (Å²) in [7, 11) is 4.71. The molecule has 2 aromatic rings. The number of hydrogen-bond acceptors (Lipinski definition) is 4. The average Bonchev–Trinajstić information content (AvgIpc) is 2.45. The number of fused-ring (bicyclic) bond motifs is 1. The van der Waals surface area contributed by atoms with Crippen LogP contribution in [0.2, 0.25) is 0 Å². The summed E-state index contributed by atoms with van der Waals surface area (Å²) in [4.78, 5) is 11.3. The lowest BCUT2D eigenvalue weighted by molar-refractivity contribution is 0.112. The molecule has 0 aliphatic rings. The highest BCUT2D eigenvalue weighted by Gasteiger charge is 2.20. The number of hydrogen-bond donors (Lipinski definition) is 0. The minimum absolute atomic E-state index is 0.483. The third kappa shape index (κ3) is 1.89. The van der Waals surface area contributed by atoms with Crippen LogP contribution in [0.25, 0.3) is 10.8 Å². The van der Waals surface area contributed by atoms with E-state index in [0.717, 1.165) is 22.6 Å². The first kappa shape index (κ1) is 13.2. The summed E-state index contributed by atoms with van der Waals surface area (Å²) in [6.45, 7) is 1.84. The molecule has 0 saturated carbocycles. The van der Waals surface area contributed by atoms with Crippen LogP contribution < -0.4 is 14.2 Å². The van der Waals surface area contributed by atoms with E-state index in [2.05, 4.69) is 0 Å². The van der Waals surface area contributed by atoms with Crippen molar-refractivity contribution in [1.29, 1.82) is 0 Å². The monoisotopic (exact) mass is 260 g/mol. The van der Waals surface area contributed by atoms with Gasteiger partial charge in [-0.15, -0.1) is 0 Å². The molecule has 0 amide bonds. The predicted molar refractivity (Wildman–Crippen MR) is 73.7 cm³/mol. The second-order valence-electron chi connectivity index (χ2n) is 4.11. The standard InChI is InChI=1S/C15H16O4/c1-9-11(8-16)15(19-4)13-10(14(9)18-3)6-5-7-12(13)17-2/h5-8H,1-4H3. The maximum atomic E-state index is 11.3. The first-order valence-electron chi connectivity index (χ1n) is 5.86. The first-order valence-corrected chi connectivity index (χ1v) is 5.86. The fourth-order valence-electron chi connectivity index (χ4n) is 2.37. The SMILES string of the molecule is COc1c(C)c(C=O)c(OC)c2c(OC)cccc12. The smallest absolute Gasteiger partial charge is 0.154 e. The van der Waals surface area contributed by atoms with Crippen molar-refractivity contribution in [2.24, 2.45) is 0 Å². The molecular formula is C15H16O4. The third-order valence-corrected chi connectivity index (χ3v) is 3.23. The van der Waals surface area contributed by atoms with Crippen LogP contribution in [0.15, 0.2) is 18.2 Å². The van der Waals surface area contributed by atoms with E-state index in [0.29, 0.717) is 22.8 Å². The van der Waals surface area contributed by atoms with Crippen molar-refractivity contribution in [3.8, 4) is 17.2 Å². The summed E-state index contributed by atoms with van der Waals surface area (Å²) in [5, 5.41) is 1.61. The van der Waals surface area contributed by atoms with Gasteiger partial charge in [-0.1, -0.05) is 12.1 Å². The van der Waals surface area contributed by atoms with Crippen molar-refractivity contribution in [1.82, 2.24) is 0 Å². The molecule has 2 rings (SSSR count). The van der Waals surface area contributed by atoms with Crippen LogP contribution in [0.4, 0.5) is 0 Å². The highest BCUT2D eigenvalue weighted by molar-refractivity contribution is 6.04. The molecule has 0 N–H and O–H groups in total. The van der Waals surface area contributed by atoms with E-state index in [1.165, 1.54) is 0 Å². The molecule has 4 heteroatoms. The molecule has 0 fully saturated rings. The van der Waals surface area contributed by atoms with Gasteiger partial charge in [0.05, 0.1) is 32.3 Å². The zero-order chi connectivity index (χ0) is 14.0. The molecule has 0 atom stereocenters. The highest BCUT2D eigenvalue weighted by atomic mass is 16.5. The molecule has 0 aliphatic carbocycles. The number of rotatable bonds is 4. The van der Waals surface area contributed by atoms with Gasteiger partial charge in [0.2, 0.25) is 0 Å². The van der Waals surface area contributed by atoms with E-state index in [9.17, 15) is 4.79 Å². The fourth-order valence-corrected chi connectivity index (χ4v) is 2.37. The molecule has 0 saturated heterocycles. The molecule has 100 valence electrons. The number of benzene rings is 2. The summed E-state index contributed by atoms with van der Waals surface area (Å²) >= 11 is 0. The summed E-state index contributed by atoms with van der Waals surface area (Å²) in [6, 6.07) is 5.62. The molecule has 4 nitrogen and oxygen atoms in total. The normalized spacial score (nSPS) is 10.3. The number of carbonyl (C=O) groups excluding carboxylic acids is 1. The molecule has 0 spiro atoms. The Kier molecular flexibility index (Phi) is 3.60. The van der Waals surface area contributed by atoms with Gasteiger partial charge >= 0.3 is 0 Å². The Morgan fingerprint density at radius 2 is 1.68 bits per heavy atom. The van der Waals surface area contributed by atoms with E-state index in [1.807, 2.05) is 25.1 Å². The van der Waals surface area contributed by atoms with Crippen LogP contribution in [-0.2, 0) is 0 Å². The predicted octanol–water partition coefficient (Wildman–Crippen LogP) is 2.99. The molecule has 0 radical (unpaired) electrons. The lowest BCUT2D eigenvalue weighted by Crippen LogP contribution is -2.00. The van der Waals surface area contributed by atoms with Crippen molar-refractivity contribution in [3.63, 3.8) is 0 Å². The van der Waals surface area contributed by atoms with Gasteiger partial charge in [-0.05, 0) is 13.0 Å². The maximum Gasteiger partial charge on any atom is 0.154 e. The second kappa shape index (κ2) is 5.18.